The molecule has 0 unspecified atom stereocenters. The third-order valence-corrected chi connectivity index (χ3v) is 3.00. The minimum Gasteiger partial charge on any atom is -0.427 e. The lowest BCUT2D eigenvalue weighted by Gasteiger charge is -2.16. The Balaban J connectivity index is 3.20. The molecule has 0 aliphatic rings. The summed E-state index contributed by atoms with van der Waals surface area (Å²) >= 11 is 0. The Labute approximate surface area is 142 Å². The monoisotopic (exact) mass is 384 g/mol. The molecule has 13 heteroatoms. The minimum atomic E-state index is -4.64. The van der Waals surface area contributed by atoms with Crippen LogP contribution in [0.1, 0.15) is 25.3 Å². The van der Waals surface area contributed by atoms with Crippen LogP contribution < -0.4 is 4.74 Å². The highest BCUT2D eigenvalue weighted by atomic mass is 19.3. The second-order valence-electron chi connectivity index (χ2n) is 5.25. The molecule has 0 radical (unpaired) electrons. The Morgan fingerprint density at radius 1 is 1.19 bits per heavy atom. The summed E-state index contributed by atoms with van der Waals surface area (Å²) in [5.74, 6) is -6.01. The Morgan fingerprint density at radius 3 is 2.19 bits per heavy atom. The molecular weight excluding hydrogens is 372 g/mol. The molecule has 0 N–H and O–H groups in total. The average molecular weight is 384 g/mol. The standard InChI is InChI=1S/C13H12F4N2O7/c1-6(2)8-3-7(18(21)22)4-9(19(23)24)10(8)26-12(20)25-5-13(16,17)11(14)15/h3-4,6,11H,5H2,1-2H3. The predicted octanol–water partition coefficient (Wildman–Crippen LogP) is 4.04. The lowest BCUT2D eigenvalue weighted by Crippen LogP contribution is -2.34. The van der Waals surface area contributed by atoms with E-state index in [1.807, 2.05) is 0 Å². The van der Waals surface area contributed by atoms with Gasteiger partial charge in [0.25, 0.3) is 5.69 Å². The van der Waals surface area contributed by atoms with Gasteiger partial charge in [0.15, 0.2) is 6.61 Å². The van der Waals surface area contributed by atoms with Gasteiger partial charge in [-0.15, -0.1) is 0 Å². The van der Waals surface area contributed by atoms with Crippen molar-refractivity contribution >= 4 is 17.5 Å². The van der Waals surface area contributed by atoms with Crippen LogP contribution in [-0.4, -0.2) is 35.0 Å². The fourth-order valence-corrected chi connectivity index (χ4v) is 1.73. The van der Waals surface area contributed by atoms with E-state index < -0.39 is 58.0 Å². The first-order valence-corrected chi connectivity index (χ1v) is 6.84. The first kappa shape index (κ1) is 21.1. The number of alkyl halides is 4. The molecule has 0 saturated carbocycles. The van der Waals surface area contributed by atoms with E-state index in [1.165, 1.54) is 13.8 Å². The van der Waals surface area contributed by atoms with Crippen LogP contribution in [0.3, 0.4) is 0 Å². The van der Waals surface area contributed by atoms with E-state index in [9.17, 15) is 42.6 Å². The maximum absolute atomic E-state index is 12.7. The Bertz CT molecular complexity index is 725. The number of halogens is 4. The highest BCUT2D eigenvalue weighted by molar-refractivity contribution is 5.70. The molecule has 0 atom stereocenters. The summed E-state index contributed by atoms with van der Waals surface area (Å²) in [6.45, 7) is 0.916. The molecular formula is C13H12F4N2O7. The second kappa shape index (κ2) is 7.93. The van der Waals surface area contributed by atoms with E-state index in [0.29, 0.717) is 6.07 Å². The number of hydrogen-bond donors (Lipinski definition) is 0. The molecule has 1 rings (SSSR count). The predicted molar refractivity (Wildman–Crippen MR) is 76.8 cm³/mol. The van der Waals surface area contributed by atoms with Gasteiger partial charge in [-0.2, -0.15) is 8.78 Å². The van der Waals surface area contributed by atoms with Crippen molar-refractivity contribution in [3.05, 3.63) is 37.9 Å². The lowest BCUT2D eigenvalue weighted by molar-refractivity contribution is -0.394. The number of rotatable bonds is 7. The van der Waals surface area contributed by atoms with Gasteiger partial charge in [0.2, 0.25) is 5.75 Å². The molecule has 26 heavy (non-hydrogen) atoms. The zero-order chi connectivity index (χ0) is 20.2. The van der Waals surface area contributed by atoms with Crippen LogP contribution >= 0.6 is 0 Å². The van der Waals surface area contributed by atoms with Crippen molar-refractivity contribution in [2.24, 2.45) is 0 Å². The molecule has 0 saturated heterocycles. The molecule has 0 aliphatic carbocycles. The summed E-state index contributed by atoms with van der Waals surface area (Å²) < 4.78 is 57.9. The third kappa shape index (κ3) is 5.00. The van der Waals surface area contributed by atoms with Gasteiger partial charge >= 0.3 is 24.2 Å². The van der Waals surface area contributed by atoms with Crippen LogP contribution in [0.5, 0.6) is 5.75 Å². The van der Waals surface area contributed by atoms with Gasteiger partial charge in [-0.1, -0.05) is 13.8 Å². The number of non-ortho nitro benzene ring substituents is 1. The summed E-state index contributed by atoms with van der Waals surface area (Å²) in [6.07, 6.45) is -6.00. The molecule has 1 aromatic rings. The molecule has 0 fully saturated rings. The van der Waals surface area contributed by atoms with E-state index in [1.54, 1.807) is 0 Å². The van der Waals surface area contributed by atoms with Crippen LogP contribution in [0, 0.1) is 20.2 Å². The molecule has 0 aliphatic heterocycles. The summed E-state index contributed by atoms with van der Waals surface area (Å²) in [6, 6.07) is 1.40. The molecule has 1 aromatic carbocycles. The van der Waals surface area contributed by atoms with Gasteiger partial charge in [-0.25, -0.2) is 13.6 Å². The number of carbonyl (C=O) groups excluding carboxylic acids is 1. The molecule has 0 bridgehead atoms. The molecule has 9 nitrogen and oxygen atoms in total. The van der Waals surface area contributed by atoms with Crippen molar-refractivity contribution in [1.29, 1.82) is 0 Å². The van der Waals surface area contributed by atoms with Crippen LogP contribution in [0.25, 0.3) is 0 Å². The Kier molecular flexibility index (Phi) is 6.42. The summed E-state index contributed by atoms with van der Waals surface area (Å²) in [5, 5.41) is 21.9. The smallest absolute Gasteiger partial charge is 0.427 e. The topological polar surface area (TPSA) is 122 Å². The minimum absolute atomic E-state index is 0.150. The van der Waals surface area contributed by atoms with Crippen molar-refractivity contribution in [3.63, 3.8) is 0 Å². The maximum Gasteiger partial charge on any atom is 0.514 e. The fraction of sp³-hybridized carbons (Fsp3) is 0.462. The van der Waals surface area contributed by atoms with Gasteiger partial charge in [0.05, 0.1) is 15.9 Å². The van der Waals surface area contributed by atoms with Gasteiger partial charge in [-0.3, -0.25) is 20.2 Å². The normalized spacial score (nSPS) is 11.5. The van der Waals surface area contributed by atoms with Crippen LogP contribution in [0.15, 0.2) is 12.1 Å². The first-order chi connectivity index (χ1) is 11.9. The quantitative estimate of drug-likeness (QED) is 0.229. The average Bonchev–Trinajstić information content (AvgIpc) is 2.52. The molecule has 144 valence electrons. The lowest BCUT2D eigenvalue weighted by atomic mass is 10.0. The SMILES string of the molecule is CC(C)c1cc([N+](=O)[O-])cc([N+](=O)[O-])c1OC(=O)OCC(F)(F)C(F)F. The summed E-state index contributed by atoms with van der Waals surface area (Å²) in [7, 11) is 0. The number of benzene rings is 1. The molecule has 0 spiro atoms. The number of carbonyl (C=O) groups is 1. The molecule has 0 aromatic heterocycles. The highest BCUT2D eigenvalue weighted by Crippen LogP contribution is 2.39. The molecule has 0 heterocycles. The number of nitro benzene ring substituents is 2. The van der Waals surface area contributed by atoms with Gasteiger partial charge in [0.1, 0.15) is 0 Å². The van der Waals surface area contributed by atoms with E-state index >= 15 is 0 Å². The van der Waals surface area contributed by atoms with Gasteiger partial charge in [0, 0.05) is 11.6 Å². The number of nitrogens with zero attached hydrogens (tertiary/aromatic N) is 2. The van der Waals surface area contributed by atoms with Crippen LogP contribution in [0.4, 0.5) is 33.7 Å². The zero-order valence-electron chi connectivity index (χ0n) is 13.3. The van der Waals surface area contributed by atoms with E-state index in [0.717, 1.165) is 6.07 Å². The van der Waals surface area contributed by atoms with Gasteiger partial charge < -0.3 is 9.47 Å². The number of ether oxygens (including phenoxy) is 2. The Morgan fingerprint density at radius 2 is 1.77 bits per heavy atom. The van der Waals surface area contributed by atoms with Crippen molar-refractivity contribution in [2.75, 3.05) is 6.61 Å². The largest absolute Gasteiger partial charge is 0.514 e. The second-order valence-corrected chi connectivity index (χ2v) is 5.25. The Hall–Kier alpha value is -2.99. The van der Waals surface area contributed by atoms with Crippen molar-refractivity contribution in [3.8, 4) is 5.75 Å². The van der Waals surface area contributed by atoms with Crippen molar-refractivity contribution in [2.45, 2.75) is 32.1 Å². The summed E-state index contributed by atoms with van der Waals surface area (Å²) in [5.41, 5.74) is -1.80. The van der Waals surface area contributed by atoms with Crippen LogP contribution in [0.2, 0.25) is 0 Å². The van der Waals surface area contributed by atoms with Crippen molar-refractivity contribution < 1.29 is 41.7 Å². The van der Waals surface area contributed by atoms with Crippen LogP contribution in [-0.2, 0) is 4.74 Å². The maximum atomic E-state index is 12.7. The van der Waals surface area contributed by atoms with Crippen molar-refractivity contribution in [1.82, 2.24) is 0 Å². The first-order valence-electron chi connectivity index (χ1n) is 6.84. The zero-order valence-corrected chi connectivity index (χ0v) is 13.3. The van der Waals surface area contributed by atoms with E-state index in [-0.39, 0.29) is 5.56 Å². The third-order valence-electron chi connectivity index (χ3n) is 3.00. The summed E-state index contributed by atoms with van der Waals surface area (Å²) in [4.78, 5) is 31.4. The highest BCUT2D eigenvalue weighted by Gasteiger charge is 2.42. The van der Waals surface area contributed by atoms with Gasteiger partial charge in [-0.05, 0) is 5.92 Å². The van der Waals surface area contributed by atoms with E-state index in [4.69, 9.17) is 0 Å². The fourth-order valence-electron chi connectivity index (χ4n) is 1.73. The van der Waals surface area contributed by atoms with E-state index in [2.05, 4.69) is 9.47 Å². The molecule has 0 amide bonds. The number of nitro groups is 2. The number of hydrogen-bond acceptors (Lipinski definition) is 7.